The van der Waals surface area contributed by atoms with Crippen LogP contribution < -0.4 is 9.61 Å². The Morgan fingerprint density at radius 2 is 1.71 bits per heavy atom. The second-order valence-electron chi connectivity index (χ2n) is 7.28. The predicted molar refractivity (Wildman–Crippen MR) is 121 cm³/mol. The summed E-state index contributed by atoms with van der Waals surface area (Å²) >= 11 is 1.12. The summed E-state index contributed by atoms with van der Waals surface area (Å²) in [6, 6.07) is 14.9. The number of fused-ring (bicyclic) bond motifs is 1. The van der Waals surface area contributed by atoms with Crippen LogP contribution in [0.15, 0.2) is 54.6 Å². The maximum absolute atomic E-state index is 13.9. The number of para-hydroxylation sites is 1. The monoisotopic (exact) mass is 461 g/mol. The van der Waals surface area contributed by atoms with Gasteiger partial charge in [-0.25, -0.2) is 9.88 Å². The third-order valence-electron chi connectivity index (χ3n) is 4.35. The molecule has 31 heavy (non-hydrogen) atoms. The van der Waals surface area contributed by atoms with Gasteiger partial charge in [0.25, 0.3) is 0 Å². The second kappa shape index (κ2) is 9.64. The first-order chi connectivity index (χ1) is 14.7. The highest BCUT2D eigenvalue weighted by Crippen LogP contribution is 2.50. The molecule has 1 aromatic heterocycles. The molecule has 0 aliphatic carbocycles. The number of carboxylic acids is 1. The predicted octanol–water partition coefficient (Wildman–Crippen LogP) is 5.30. The Kier molecular flexibility index (Phi) is 7.15. The number of hydrogen-bond acceptors (Lipinski definition) is 6. The van der Waals surface area contributed by atoms with Gasteiger partial charge in [0.15, 0.2) is 0 Å². The van der Waals surface area contributed by atoms with Crippen molar-refractivity contribution in [3.05, 3.63) is 65.0 Å². The van der Waals surface area contributed by atoms with Crippen LogP contribution >= 0.6 is 18.9 Å². The maximum atomic E-state index is 13.9. The average molecular weight is 461 g/mol. The van der Waals surface area contributed by atoms with E-state index in [2.05, 4.69) is 5.09 Å². The second-order valence-corrected chi connectivity index (χ2v) is 10.4. The van der Waals surface area contributed by atoms with Gasteiger partial charge in [-0.15, -0.1) is 11.3 Å². The topological polar surface area (TPSA) is 102 Å². The molecule has 2 atom stereocenters. The number of thiophene rings is 1. The maximum Gasteiger partial charge on any atom is 0.346 e. The van der Waals surface area contributed by atoms with E-state index in [1.54, 1.807) is 56.3 Å². The fourth-order valence-corrected chi connectivity index (χ4v) is 6.35. The molecule has 1 unspecified atom stereocenters. The average Bonchev–Trinajstić information content (AvgIpc) is 3.06. The van der Waals surface area contributed by atoms with Crippen LogP contribution in [-0.2, 0) is 20.3 Å². The van der Waals surface area contributed by atoms with Crippen molar-refractivity contribution >= 4 is 40.9 Å². The largest absolute Gasteiger partial charge is 0.477 e. The summed E-state index contributed by atoms with van der Waals surface area (Å²) in [6.07, 6.45) is -0.530. The molecule has 3 rings (SSSR count). The first-order valence-electron chi connectivity index (χ1n) is 9.74. The van der Waals surface area contributed by atoms with Crippen LogP contribution in [0, 0.1) is 0 Å². The lowest BCUT2D eigenvalue weighted by atomic mass is 10.1. The van der Waals surface area contributed by atoms with Crippen LogP contribution in [0.4, 0.5) is 0 Å². The highest BCUT2D eigenvalue weighted by molar-refractivity contribution is 7.56. The van der Waals surface area contributed by atoms with Crippen molar-refractivity contribution < 1.29 is 28.5 Å². The van der Waals surface area contributed by atoms with Gasteiger partial charge >= 0.3 is 19.5 Å². The Morgan fingerprint density at radius 1 is 1.06 bits per heavy atom. The Hall–Kier alpha value is -2.67. The van der Waals surface area contributed by atoms with Crippen LogP contribution in [-0.4, -0.2) is 29.2 Å². The standard InChI is InChI=1S/C22H24NO6PS/c1-14(2)28-22(26)15(3)23-30(27,29-16-9-5-4-6-10-16)13-18-17-11-7-8-12-19(17)31-20(18)21(24)25/h4-12,14-15H,13H2,1-3H3,(H,23,27)(H,24,25)/t15-,30?/m0/s1. The van der Waals surface area contributed by atoms with E-state index in [0.717, 1.165) is 16.0 Å². The van der Waals surface area contributed by atoms with Crippen molar-refractivity contribution in [1.29, 1.82) is 0 Å². The summed E-state index contributed by atoms with van der Waals surface area (Å²) in [5, 5.41) is 13.2. The zero-order valence-electron chi connectivity index (χ0n) is 17.4. The Bertz CT molecular complexity index is 1130. The zero-order chi connectivity index (χ0) is 22.6. The van der Waals surface area contributed by atoms with Crippen molar-refractivity contribution in [3.63, 3.8) is 0 Å². The van der Waals surface area contributed by atoms with Gasteiger partial charge in [-0.1, -0.05) is 36.4 Å². The van der Waals surface area contributed by atoms with E-state index >= 15 is 0 Å². The lowest BCUT2D eigenvalue weighted by Gasteiger charge is -2.24. The fraction of sp³-hybridized carbons (Fsp3) is 0.273. The molecular weight excluding hydrogens is 437 g/mol. The van der Waals surface area contributed by atoms with Gasteiger partial charge in [0.05, 0.1) is 12.3 Å². The minimum Gasteiger partial charge on any atom is -0.477 e. The first kappa shape index (κ1) is 23.0. The summed E-state index contributed by atoms with van der Waals surface area (Å²) in [4.78, 5) is 24.3. The molecule has 2 N–H and O–H groups in total. The van der Waals surface area contributed by atoms with Crippen molar-refractivity contribution in [1.82, 2.24) is 5.09 Å². The summed E-state index contributed by atoms with van der Waals surface area (Å²) in [5.41, 5.74) is 0.407. The number of nitrogens with one attached hydrogen (secondary N) is 1. The number of aromatic carboxylic acids is 1. The molecule has 0 bridgehead atoms. The van der Waals surface area contributed by atoms with E-state index in [0.29, 0.717) is 16.7 Å². The summed E-state index contributed by atoms with van der Waals surface area (Å²) < 4.78 is 25.7. The molecule has 1 heterocycles. The Balaban J connectivity index is 2.00. The van der Waals surface area contributed by atoms with Crippen LogP contribution in [0.2, 0.25) is 0 Å². The minimum absolute atomic E-state index is 0.0947. The number of carbonyl (C=O) groups excluding carboxylic acids is 1. The normalized spacial score (nSPS) is 14.2. The van der Waals surface area contributed by atoms with Gasteiger partial charge in [-0.05, 0) is 49.9 Å². The van der Waals surface area contributed by atoms with Gasteiger partial charge in [0.2, 0.25) is 0 Å². The molecule has 0 amide bonds. The van der Waals surface area contributed by atoms with Crippen molar-refractivity contribution in [3.8, 4) is 5.75 Å². The van der Waals surface area contributed by atoms with Crippen molar-refractivity contribution in [2.24, 2.45) is 0 Å². The third kappa shape index (κ3) is 5.73. The van der Waals surface area contributed by atoms with E-state index in [-0.39, 0.29) is 17.1 Å². The molecule has 3 aromatic rings. The minimum atomic E-state index is -3.76. The SMILES string of the molecule is CC(C)OC(=O)[C@H](C)NP(=O)(Cc1c(C(=O)O)sc2ccccc12)Oc1ccccc1. The van der Waals surface area contributed by atoms with Gasteiger partial charge in [0, 0.05) is 4.70 Å². The number of ether oxygens (including phenoxy) is 1. The number of carbonyl (C=O) groups is 2. The number of esters is 1. The summed E-state index contributed by atoms with van der Waals surface area (Å²) in [7, 11) is -3.76. The van der Waals surface area contributed by atoms with Gasteiger partial charge in [-0.2, -0.15) is 0 Å². The van der Waals surface area contributed by atoms with Gasteiger partial charge in [0.1, 0.15) is 16.7 Å². The van der Waals surface area contributed by atoms with Crippen LogP contribution in [0.1, 0.15) is 36.0 Å². The van der Waals surface area contributed by atoms with E-state index in [4.69, 9.17) is 9.26 Å². The summed E-state index contributed by atoms with van der Waals surface area (Å²) in [6.45, 7) is 4.98. The molecule has 0 fully saturated rings. The number of hydrogen-bond donors (Lipinski definition) is 2. The van der Waals surface area contributed by atoms with E-state index in [1.807, 2.05) is 12.1 Å². The molecule has 9 heteroatoms. The molecule has 2 aromatic carbocycles. The molecule has 164 valence electrons. The third-order valence-corrected chi connectivity index (χ3v) is 7.57. The highest BCUT2D eigenvalue weighted by Gasteiger charge is 2.34. The van der Waals surface area contributed by atoms with Crippen molar-refractivity contribution in [2.75, 3.05) is 0 Å². The highest BCUT2D eigenvalue weighted by atomic mass is 32.1. The lowest BCUT2D eigenvalue weighted by molar-refractivity contribution is -0.149. The van der Waals surface area contributed by atoms with E-state index in [9.17, 15) is 19.3 Å². The van der Waals surface area contributed by atoms with Gasteiger partial charge < -0.3 is 14.4 Å². The zero-order valence-corrected chi connectivity index (χ0v) is 19.1. The van der Waals surface area contributed by atoms with Crippen LogP contribution in [0.5, 0.6) is 5.75 Å². The van der Waals surface area contributed by atoms with Crippen molar-refractivity contribution in [2.45, 2.75) is 39.1 Å². The van der Waals surface area contributed by atoms with E-state index < -0.39 is 25.5 Å². The van der Waals surface area contributed by atoms with Gasteiger partial charge in [-0.3, -0.25) is 9.36 Å². The number of rotatable bonds is 9. The number of benzene rings is 2. The molecule has 0 saturated carbocycles. The molecule has 0 saturated heterocycles. The quantitative estimate of drug-likeness (QED) is 0.329. The van der Waals surface area contributed by atoms with Crippen LogP contribution in [0.3, 0.4) is 0 Å². The smallest absolute Gasteiger partial charge is 0.346 e. The Labute approximate surface area is 184 Å². The molecule has 0 aliphatic rings. The number of carboxylic acid groups (broad SMARTS) is 1. The fourth-order valence-electron chi connectivity index (χ4n) is 3.07. The van der Waals surface area contributed by atoms with Crippen LogP contribution in [0.25, 0.3) is 10.1 Å². The Morgan fingerprint density at radius 3 is 2.35 bits per heavy atom. The van der Waals surface area contributed by atoms with E-state index in [1.165, 1.54) is 6.92 Å². The first-order valence-corrected chi connectivity index (χ1v) is 12.4. The molecular formula is C22H24NO6PS. The molecule has 0 spiro atoms. The lowest BCUT2D eigenvalue weighted by Crippen LogP contribution is -2.36. The molecule has 0 radical (unpaired) electrons. The summed E-state index contributed by atoms with van der Waals surface area (Å²) in [5.74, 6) is -1.32. The molecule has 7 nitrogen and oxygen atoms in total. The molecule has 0 aliphatic heterocycles.